The van der Waals surface area contributed by atoms with Crippen LogP contribution in [0.1, 0.15) is 24.8 Å². The smallest absolute Gasteiger partial charge is 0.315 e. The van der Waals surface area contributed by atoms with Crippen molar-refractivity contribution in [3.8, 4) is 5.69 Å². The van der Waals surface area contributed by atoms with Crippen molar-refractivity contribution in [2.75, 3.05) is 6.54 Å². The van der Waals surface area contributed by atoms with Crippen molar-refractivity contribution in [3.63, 3.8) is 0 Å². The Labute approximate surface area is 135 Å². The van der Waals surface area contributed by atoms with E-state index >= 15 is 0 Å². The molecule has 1 aliphatic rings. The van der Waals surface area contributed by atoms with Gasteiger partial charge in [0.1, 0.15) is 0 Å². The van der Waals surface area contributed by atoms with Gasteiger partial charge in [0.05, 0.1) is 18.0 Å². The van der Waals surface area contributed by atoms with Gasteiger partial charge in [0.2, 0.25) is 0 Å². The Morgan fingerprint density at radius 2 is 2.09 bits per heavy atom. The molecular formula is C17H22N4O2. The first-order valence-electron chi connectivity index (χ1n) is 7.99. The molecule has 2 atom stereocenters. The average Bonchev–Trinajstić information content (AvgIpc) is 3.21. The number of rotatable bonds is 5. The quantitative estimate of drug-likeness (QED) is 0.788. The Balaban J connectivity index is 1.43. The van der Waals surface area contributed by atoms with Gasteiger partial charge in [-0.1, -0.05) is 18.2 Å². The number of urea groups is 1. The number of para-hydroxylation sites is 1. The molecule has 6 nitrogen and oxygen atoms in total. The first-order valence-corrected chi connectivity index (χ1v) is 7.99. The molecule has 122 valence electrons. The molecule has 3 N–H and O–H groups in total. The summed E-state index contributed by atoms with van der Waals surface area (Å²) in [6.07, 6.45) is 6.06. The topological polar surface area (TPSA) is 79.2 Å². The maximum Gasteiger partial charge on any atom is 0.315 e. The van der Waals surface area contributed by atoms with E-state index in [1.165, 1.54) is 0 Å². The highest BCUT2D eigenvalue weighted by molar-refractivity contribution is 5.73. The van der Waals surface area contributed by atoms with Gasteiger partial charge in [-0.05, 0) is 37.3 Å². The number of carbonyl (C=O) groups is 1. The van der Waals surface area contributed by atoms with Gasteiger partial charge < -0.3 is 15.7 Å². The summed E-state index contributed by atoms with van der Waals surface area (Å²) in [4.78, 5) is 11.8. The fourth-order valence-corrected chi connectivity index (χ4v) is 2.89. The molecule has 2 unspecified atom stereocenters. The molecular weight excluding hydrogens is 292 g/mol. The van der Waals surface area contributed by atoms with E-state index in [-0.39, 0.29) is 12.1 Å². The maximum atomic E-state index is 11.8. The molecule has 3 rings (SSSR count). The van der Waals surface area contributed by atoms with Crippen molar-refractivity contribution in [1.29, 1.82) is 0 Å². The Hall–Kier alpha value is -2.34. The van der Waals surface area contributed by atoms with Crippen LogP contribution < -0.4 is 10.6 Å². The molecule has 0 aliphatic heterocycles. The normalized spacial score (nSPS) is 20.4. The van der Waals surface area contributed by atoms with Crippen LogP contribution in [0.4, 0.5) is 4.79 Å². The lowest BCUT2D eigenvalue weighted by Gasteiger charge is -2.11. The fourth-order valence-electron chi connectivity index (χ4n) is 2.89. The van der Waals surface area contributed by atoms with Crippen molar-refractivity contribution in [1.82, 2.24) is 20.4 Å². The van der Waals surface area contributed by atoms with E-state index in [0.717, 1.165) is 30.5 Å². The molecule has 1 saturated carbocycles. The summed E-state index contributed by atoms with van der Waals surface area (Å²) in [6, 6.07) is 9.66. The SMILES string of the molecule is O=C(NCc1cnn(-c2ccccc2)c1)NCC1CCC(O)C1. The highest BCUT2D eigenvalue weighted by Crippen LogP contribution is 2.24. The molecule has 0 radical (unpaired) electrons. The minimum Gasteiger partial charge on any atom is -0.393 e. The number of hydrogen-bond donors (Lipinski definition) is 3. The predicted octanol–water partition coefficient (Wildman–Crippen LogP) is 1.83. The van der Waals surface area contributed by atoms with Crippen molar-refractivity contribution in [3.05, 3.63) is 48.3 Å². The number of hydrogen-bond acceptors (Lipinski definition) is 3. The number of aliphatic hydroxyl groups excluding tert-OH is 1. The molecule has 23 heavy (non-hydrogen) atoms. The summed E-state index contributed by atoms with van der Waals surface area (Å²) in [5, 5.41) is 19.5. The van der Waals surface area contributed by atoms with Gasteiger partial charge in [0.15, 0.2) is 0 Å². The van der Waals surface area contributed by atoms with Gasteiger partial charge in [0, 0.05) is 24.8 Å². The molecule has 2 amide bonds. The Morgan fingerprint density at radius 1 is 1.26 bits per heavy atom. The lowest BCUT2D eigenvalue weighted by Crippen LogP contribution is -2.37. The van der Waals surface area contributed by atoms with E-state index < -0.39 is 0 Å². The Morgan fingerprint density at radius 3 is 2.83 bits per heavy atom. The minimum atomic E-state index is -0.200. The summed E-state index contributed by atoms with van der Waals surface area (Å²) < 4.78 is 1.79. The second kappa shape index (κ2) is 7.28. The number of nitrogens with zero attached hydrogens (tertiary/aromatic N) is 2. The first kappa shape index (κ1) is 15.6. The minimum absolute atomic E-state index is 0.182. The molecule has 2 aromatic rings. The first-order chi connectivity index (χ1) is 11.2. The van der Waals surface area contributed by atoms with Crippen LogP contribution in [0.2, 0.25) is 0 Å². The molecule has 1 aromatic heterocycles. The van der Waals surface area contributed by atoms with Crippen molar-refractivity contribution >= 4 is 6.03 Å². The van der Waals surface area contributed by atoms with E-state index in [2.05, 4.69) is 15.7 Å². The van der Waals surface area contributed by atoms with E-state index in [4.69, 9.17) is 0 Å². The predicted molar refractivity (Wildman–Crippen MR) is 87.2 cm³/mol. The maximum absolute atomic E-state index is 11.8. The number of amides is 2. The number of nitrogens with one attached hydrogen (secondary N) is 2. The van der Waals surface area contributed by atoms with Crippen LogP contribution >= 0.6 is 0 Å². The summed E-state index contributed by atoms with van der Waals surface area (Å²) in [5.74, 6) is 0.386. The second-order valence-electron chi connectivity index (χ2n) is 6.03. The zero-order valence-electron chi connectivity index (χ0n) is 13.0. The van der Waals surface area contributed by atoms with Gasteiger partial charge >= 0.3 is 6.03 Å². The van der Waals surface area contributed by atoms with Crippen LogP contribution in [0.25, 0.3) is 5.69 Å². The fraction of sp³-hybridized carbons (Fsp3) is 0.412. The van der Waals surface area contributed by atoms with Crippen LogP contribution in [0, 0.1) is 5.92 Å². The Kier molecular flexibility index (Phi) is 4.92. The average molecular weight is 314 g/mol. The van der Waals surface area contributed by atoms with Crippen molar-refractivity contribution < 1.29 is 9.90 Å². The van der Waals surface area contributed by atoms with Crippen molar-refractivity contribution in [2.45, 2.75) is 31.9 Å². The second-order valence-corrected chi connectivity index (χ2v) is 6.03. The van der Waals surface area contributed by atoms with Crippen LogP contribution in [-0.2, 0) is 6.54 Å². The summed E-state index contributed by atoms with van der Waals surface area (Å²) in [5.41, 5.74) is 1.93. The molecule has 1 aromatic carbocycles. The third kappa shape index (κ3) is 4.32. The van der Waals surface area contributed by atoms with Crippen LogP contribution in [0.5, 0.6) is 0 Å². The third-order valence-electron chi connectivity index (χ3n) is 4.17. The van der Waals surface area contributed by atoms with Crippen LogP contribution in [0.3, 0.4) is 0 Å². The van der Waals surface area contributed by atoms with Gasteiger partial charge in [-0.3, -0.25) is 0 Å². The largest absolute Gasteiger partial charge is 0.393 e. The Bertz CT molecular complexity index is 641. The lowest BCUT2D eigenvalue weighted by atomic mass is 10.1. The number of carbonyl (C=O) groups excluding carboxylic acids is 1. The molecule has 1 aliphatic carbocycles. The summed E-state index contributed by atoms with van der Waals surface area (Å²) in [7, 11) is 0. The number of aromatic nitrogens is 2. The van der Waals surface area contributed by atoms with E-state index in [0.29, 0.717) is 19.0 Å². The standard InChI is InChI=1S/C17H22N4O2/c22-16-7-6-13(8-16)9-18-17(23)19-10-14-11-20-21(12-14)15-4-2-1-3-5-15/h1-5,11-13,16,22H,6-10H2,(H2,18,19,23). The summed E-state index contributed by atoms with van der Waals surface area (Å²) in [6.45, 7) is 1.05. The van der Waals surface area contributed by atoms with Gasteiger partial charge in [0.25, 0.3) is 0 Å². The third-order valence-corrected chi connectivity index (χ3v) is 4.17. The van der Waals surface area contributed by atoms with Gasteiger partial charge in [-0.15, -0.1) is 0 Å². The van der Waals surface area contributed by atoms with Crippen LogP contribution in [-0.4, -0.2) is 33.6 Å². The number of aliphatic hydroxyl groups is 1. The van der Waals surface area contributed by atoms with Gasteiger partial charge in [-0.2, -0.15) is 5.10 Å². The zero-order valence-corrected chi connectivity index (χ0v) is 13.0. The van der Waals surface area contributed by atoms with Crippen LogP contribution in [0.15, 0.2) is 42.7 Å². The molecule has 0 saturated heterocycles. The molecule has 1 heterocycles. The van der Waals surface area contributed by atoms with E-state index in [9.17, 15) is 9.90 Å². The molecule has 6 heteroatoms. The monoisotopic (exact) mass is 314 g/mol. The highest BCUT2D eigenvalue weighted by atomic mass is 16.3. The molecule has 0 bridgehead atoms. The highest BCUT2D eigenvalue weighted by Gasteiger charge is 2.22. The summed E-state index contributed by atoms with van der Waals surface area (Å²) >= 11 is 0. The molecule has 1 fully saturated rings. The zero-order chi connectivity index (χ0) is 16.1. The number of benzene rings is 1. The van der Waals surface area contributed by atoms with Gasteiger partial charge in [-0.25, -0.2) is 9.48 Å². The van der Waals surface area contributed by atoms with E-state index in [1.54, 1.807) is 10.9 Å². The van der Waals surface area contributed by atoms with Crippen molar-refractivity contribution in [2.24, 2.45) is 5.92 Å². The lowest BCUT2D eigenvalue weighted by molar-refractivity contribution is 0.177. The molecule has 0 spiro atoms. The van der Waals surface area contributed by atoms with E-state index in [1.807, 2.05) is 36.5 Å².